The minimum Gasteiger partial charge on any atom is -0.465 e. The van der Waals surface area contributed by atoms with Gasteiger partial charge in [-0.15, -0.1) is 0 Å². The molecule has 1 aromatic carbocycles. The van der Waals surface area contributed by atoms with Gasteiger partial charge in [-0.05, 0) is 26.3 Å². The number of anilines is 3. The van der Waals surface area contributed by atoms with Crippen LogP contribution in [0.5, 0.6) is 0 Å². The third kappa shape index (κ3) is 3.13. The van der Waals surface area contributed by atoms with Crippen molar-refractivity contribution >= 4 is 34.8 Å². The van der Waals surface area contributed by atoms with E-state index >= 15 is 0 Å². The van der Waals surface area contributed by atoms with Crippen LogP contribution in [-0.4, -0.2) is 35.0 Å². The zero-order valence-electron chi connectivity index (χ0n) is 14.5. The number of nitrogens with zero attached hydrogens (tertiary/aromatic N) is 3. The van der Waals surface area contributed by atoms with Crippen LogP contribution in [0.1, 0.15) is 23.6 Å². The highest BCUT2D eigenvalue weighted by atomic mass is 16.4. The summed E-state index contributed by atoms with van der Waals surface area (Å²) in [4.78, 5) is 21.3. The first-order chi connectivity index (χ1) is 11.9. The van der Waals surface area contributed by atoms with E-state index in [1.807, 2.05) is 0 Å². The van der Waals surface area contributed by atoms with Crippen molar-refractivity contribution in [2.75, 3.05) is 29.0 Å². The van der Waals surface area contributed by atoms with Crippen LogP contribution >= 0.6 is 0 Å². The highest BCUT2D eigenvalue weighted by Crippen LogP contribution is 2.36. The second kappa shape index (κ2) is 6.43. The molecule has 2 aromatic rings. The van der Waals surface area contributed by atoms with Gasteiger partial charge in [-0.2, -0.15) is 0 Å². The average Bonchev–Trinajstić information content (AvgIpc) is 2.55. The van der Waals surface area contributed by atoms with E-state index in [1.54, 1.807) is 13.0 Å². The number of rotatable bonds is 3. The van der Waals surface area contributed by atoms with E-state index in [9.17, 15) is 9.90 Å². The van der Waals surface area contributed by atoms with Crippen LogP contribution in [0.4, 0.5) is 27.8 Å². The fraction of sp³-hybridized carbons (Fsp3) is 0.278. The van der Waals surface area contributed by atoms with Gasteiger partial charge < -0.3 is 16.2 Å². The van der Waals surface area contributed by atoms with Gasteiger partial charge in [0, 0.05) is 18.2 Å². The Morgan fingerprint density at radius 3 is 2.76 bits per heavy atom. The van der Waals surface area contributed by atoms with Gasteiger partial charge in [0.2, 0.25) is 0 Å². The number of fused-ring (bicyclic) bond motifs is 1. The first-order valence-corrected chi connectivity index (χ1v) is 8.10. The summed E-state index contributed by atoms with van der Waals surface area (Å²) in [7, 11) is 0. The smallest absolute Gasteiger partial charge is 0.413 e. The van der Waals surface area contributed by atoms with Gasteiger partial charge in [-0.25, -0.2) is 14.8 Å². The molecule has 0 aliphatic carbocycles. The SMILES string of the molecule is CCN(C(=O)O)c1cc2c(c(N)n1)N=C(c1ccc(C)cc1C)CN2. The van der Waals surface area contributed by atoms with Crippen LogP contribution in [0.3, 0.4) is 0 Å². The van der Waals surface area contributed by atoms with E-state index in [-0.39, 0.29) is 12.4 Å². The first-order valence-electron chi connectivity index (χ1n) is 8.10. The monoisotopic (exact) mass is 339 g/mol. The van der Waals surface area contributed by atoms with E-state index in [0.717, 1.165) is 21.7 Å². The Morgan fingerprint density at radius 1 is 1.36 bits per heavy atom. The summed E-state index contributed by atoms with van der Waals surface area (Å²) in [5.41, 5.74) is 11.6. The van der Waals surface area contributed by atoms with Crippen LogP contribution in [-0.2, 0) is 0 Å². The van der Waals surface area contributed by atoms with Gasteiger partial charge in [0.1, 0.15) is 11.5 Å². The zero-order chi connectivity index (χ0) is 18.1. The minimum absolute atomic E-state index is 0.210. The molecular weight excluding hydrogens is 318 g/mol. The number of nitrogen functional groups attached to an aromatic ring is 1. The van der Waals surface area contributed by atoms with Gasteiger partial charge in [0.25, 0.3) is 0 Å². The van der Waals surface area contributed by atoms with Gasteiger partial charge in [0.15, 0.2) is 5.82 Å². The van der Waals surface area contributed by atoms with E-state index in [1.165, 1.54) is 5.56 Å². The first kappa shape index (κ1) is 16.8. The quantitative estimate of drug-likeness (QED) is 0.795. The number of aryl methyl sites for hydroxylation is 2. The molecule has 4 N–H and O–H groups in total. The molecule has 0 bridgehead atoms. The molecule has 0 spiro atoms. The highest BCUT2D eigenvalue weighted by molar-refractivity contribution is 6.09. The third-order valence-electron chi connectivity index (χ3n) is 4.22. The van der Waals surface area contributed by atoms with Crippen LogP contribution in [0.25, 0.3) is 0 Å². The van der Waals surface area contributed by atoms with E-state index in [2.05, 4.69) is 47.3 Å². The van der Waals surface area contributed by atoms with E-state index < -0.39 is 6.09 Å². The lowest BCUT2D eigenvalue weighted by atomic mass is 10.0. The molecule has 0 fully saturated rings. The molecule has 0 saturated heterocycles. The van der Waals surface area contributed by atoms with Gasteiger partial charge in [-0.1, -0.05) is 23.8 Å². The van der Waals surface area contributed by atoms with Crippen molar-refractivity contribution in [3.8, 4) is 0 Å². The third-order valence-corrected chi connectivity index (χ3v) is 4.22. The van der Waals surface area contributed by atoms with Crippen molar-refractivity contribution < 1.29 is 9.90 Å². The van der Waals surface area contributed by atoms with Crippen molar-refractivity contribution in [2.24, 2.45) is 4.99 Å². The van der Waals surface area contributed by atoms with Crippen LogP contribution in [0.15, 0.2) is 29.3 Å². The predicted octanol–water partition coefficient (Wildman–Crippen LogP) is 3.33. The van der Waals surface area contributed by atoms with Gasteiger partial charge >= 0.3 is 6.09 Å². The fourth-order valence-corrected chi connectivity index (χ4v) is 2.98. The molecule has 3 rings (SSSR count). The number of hydrogen-bond donors (Lipinski definition) is 3. The molecule has 2 heterocycles. The maximum absolute atomic E-state index is 11.3. The standard InChI is InChI=1S/C18H21N5O2/c1-4-23(18(24)25)15-8-13-16(17(19)22-15)21-14(9-20-13)12-6-5-10(2)7-11(12)3/h5-8,20H,4,9H2,1-3H3,(H2,19,22)(H,24,25). The molecule has 0 saturated carbocycles. The Labute approximate surface area is 146 Å². The number of aliphatic imine (C=N–C) groups is 1. The zero-order valence-corrected chi connectivity index (χ0v) is 14.5. The van der Waals surface area contributed by atoms with Gasteiger partial charge in [0.05, 0.1) is 17.9 Å². The topological polar surface area (TPSA) is 104 Å². The lowest BCUT2D eigenvalue weighted by Crippen LogP contribution is -2.30. The maximum atomic E-state index is 11.3. The number of pyridine rings is 1. The number of carbonyl (C=O) groups is 1. The molecule has 130 valence electrons. The number of nitrogens with one attached hydrogen (secondary N) is 1. The molecule has 25 heavy (non-hydrogen) atoms. The lowest BCUT2D eigenvalue weighted by Gasteiger charge is -2.23. The maximum Gasteiger partial charge on any atom is 0.413 e. The molecule has 7 heteroatoms. The Balaban J connectivity index is 2.04. The number of aromatic nitrogens is 1. The molecular formula is C18H21N5O2. The molecule has 1 amide bonds. The highest BCUT2D eigenvalue weighted by Gasteiger charge is 2.21. The number of carboxylic acid groups (broad SMARTS) is 1. The summed E-state index contributed by atoms with van der Waals surface area (Å²) in [5.74, 6) is 0.505. The Bertz CT molecular complexity index is 876. The summed E-state index contributed by atoms with van der Waals surface area (Å²) in [5, 5.41) is 12.5. The summed E-state index contributed by atoms with van der Waals surface area (Å²) in [6, 6.07) is 7.89. The normalized spacial score (nSPS) is 12.8. The molecule has 1 aliphatic rings. The predicted molar refractivity (Wildman–Crippen MR) is 100 cm³/mol. The second-order valence-electron chi connectivity index (χ2n) is 6.02. The Hall–Kier alpha value is -3.09. The van der Waals surface area contributed by atoms with Crippen LogP contribution in [0, 0.1) is 13.8 Å². The molecule has 7 nitrogen and oxygen atoms in total. The average molecular weight is 339 g/mol. The number of amides is 1. The largest absolute Gasteiger partial charge is 0.465 e. The Kier molecular flexibility index (Phi) is 4.31. The van der Waals surface area contributed by atoms with Crippen LogP contribution in [0.2, 0.25) is 0 Å². The Morgan fingerprint density at radius 2 is 2.12 bits per heavy atom. The van der Waals surface area contributed by atoms with Crippen molar-refractivity contribution in [1.82, 2.24) is 4.98 Å². The number of nitrogens with two attached hydrogens (primary N) is 1. The van der Waals surface area contributed by atoms with Crippen molar-refractivity contribution in [1.29, 1.82) is 0 Å². The number of hydrogen-bond acceptors (Lipinski definition) is 5. The van der Waals surface area contributed by atoms with Crippen LogP contribution < -0.4 is 16.0 Å². The summed E-state index contributed by atoms with van der Waals surface area (Å²) in [6.07, 6.45) is -1.07. The lowest BCUT2D eigenvalue weighted by molar-refractivity contribution is 0.202. The van der Waals surface area contributed by atoms with Gasteiger partial charge in [-0.3, -0.25) is 4.90 Å². The molecule has 0 atom stereocenters. The van der Waals surface area contributed by atoms with Crippen molar-refractivity contribution in [2.45, 2.75) is 20.8 Å². The summed E-state index contributed by atoms with van der Waals surface area (Å²) >= 11 is 0. The molecule has 1 aliphatic heterocycles. The van der Waals surface area contributed by atoms with E-state index in [4.69, 9.17) is 5.73 Å². The van der Waals surface area contributed by atoms with Crippen molar-refractivity contribution in [3.63, 3.8) is 0 Å². The van der Waals surface area contributed by atoms with E-state index in [0.29, 0.717) is 23.7 Å². The molecule has 0 unspecified atom stereocenters. The second-order valence-corrected chi connectivity index (χ2v) is 6.02. The van der Waals surface area contributed by atoms with Crippen molar-refractivity contribution in [3.05, 3.63) is 41.0 Å². The summed E-state index contributed by atoms with van der Waals surface area (Å²) in [6.45, 7) is 6.68. The fourth-order valence-electron chi connectivity index (χ4n) is 2.98. The minimum atomic E-state index is -1.07. The summed E-state index contributed by atoms with van der Waals surface area (Å²) < 4.78 is 0. The molecule has 0 radical (unpaired) electrons. The molecule has 1 aromatic heterocycles. The number of benzene rings is 1.